The summed E-state index contributed by atoms with van der Waals surface area (Å²) in [6, 6.07) is 2.98. The van der Waals surface area contributed by atoms with E-state index in [1.807, 2.05) is 0 Å². The SMILES string of the molecule is NC(CCC(=O)Nc1cccc(C(F)(F)F)c1)C(=O)O. The number of carbonyl (C=O) groups is 2. The molecule has 20 heavy (non-hydrogen) atoms. The topological polar surface area (TPSA) is 92.4 Å². The second kappa shape index (κ2) is 6.38. The molecule has 0 saturated carbocycles. The number of halogens is 3. The van der Waals surface area contributed by atoms with E-state index in [0.717, 1.165) is 12.1 Å². The Morgan fingerprint density at radius 3 is 2.55 bits per heavy atom. The van der Waals surface area contributed by atoms with E-state index >= 15 is 0 Å². The average Bonchev–Trinajstić information content (AvgIpc) is 2.35. The summed E-state index contributed by atoms with van der Waals surface area (Å²) in [4.78, 5) is 21.9. The molecule has 1 unspecified atom stereocenters. The van der Waals surface area contributed by atoms with Crippen molar-refractivity contribution in [2.45, 2.75) is 25.1 Å². The predicted molar refractivity (Wildman–Crippen MR) is 64.9 cm³/mol. The molecule has 1 atom stereocenters. The maximum absolute atomic E-state index is 12.5. The van der Waals surface area contributed by atoms with Crippen molar-refractivity contribution in [3.8, 4) is 0 Å². The van der Waals surface area contributed by atoms with Crippen LogP contribution in [0.25, 0.3) is 0 Å². The minimum atomic E-state index is -4.49. The monoisotopic (exact) mass is 290 g/mol. The number of aliphatic carboxylic acids is 1. The largest absolute Gasteiger partial charge is 0.480 e. The molecule has 0 aliphatic carbocycles. The lowest BCUT2D eigenvalue weighted by atomic mass is 10.1. The first-order valence-electron chi connectivity index (χ1n) is 5.65. The molecule has 0 fully saturated rings. The third kappa shape index (κ3) is 4.88. The van der Waals surface area contributed by atoms with E-state index in [4.69, 9.17) is 10.8 Å². The summed E-state index contributed by atoms with van der Waals surface area (Å²) in [5.41, 5.74) is 4.33. The number of alkyl halides is 3. The van der Waals surface area contributed by atoms with Gasteiger partial charge in [-0.05, 0) is 24.6 Å². The molecule has 1 rings (SSSR count). The molecule has 5 nitrogen and oxygen atoms in total. The number of hydrogen-bond donors (Lipinski definition) is 3. The molecule has 0 aromatic heterocycles. The Morgan fingerprint density at radius 1 is 1.35 bits per heavy atom. The Labute approximate surface area is 112 Å². The molecule has 0 aliphatic rings. The summed E-state index contributed by atoms with van der Waals surface area (Å²) >= 11 is 0. The van der Waals surface area contributed by atoms with E-state index in [2.05, 4.69) is 5.32 Å². The average molecular weight is 290 g/mol. The van der Waals surface area contributed by atoms with Crippen molar-refractivity contribution >= 4 is 17.6 Å². The summed E-state index contributed by atoms with van der Waals surface area (Å²) in [6.07, 6.45) is -4.78. The minimum absolute atomic E-state index is 0.00581. The predicted octanol–water partition coefficient (Wildman–Crippen LogP) is 1.84. The van der Waals surface area contributed by atoms with Gasteiger partial charge < -0.3 is 16.2 Å². The van der Waals surface area contributed by atoms with E-state index in [1.54, 1.807) is 0 Å². The molecular formula is C12H13F3N2O3. The van der Waals surface area contributed by atoms with Crippen molar-refractivity contribution in [3.63, 3.8) is 0 Å². The molecule has 1 amide bonds. The summed E-state index contributed by atoms with van der Waals surface area (Å²) in [7, 11) is 0. The van der Waals surface area contributed by atoms with Crippen LogP contribution in [-0.2, 0) is 15.8 Å². The number of anilines is 1. The molecule has 0 saturated heterocycles. The van der Waals surface area contributed by atoms with Crippen LogP contribution in [0.15, 0.2) is 24.3 Å². The van der Waals surface area contributed by atoms with E-state index in [-0.39, 0.29) is 18.5 Å². The van der Waals surface area contributed by atoms with Crippen LogP contribution in [0.5, 0.6) is 0 Å². The molecule has 0 spiro atoms. The Kier molecular flexibility index (Phi) is 5.09. The van der Waals surface area contributed by atoms with Crippen LogP contribution in [0.3, 0.4) is 0 Å². The fraction of sp³-hybridized carbons (Fsp3) is 0.333. The van der Waals surface area contributed by atoms with Gasteiger partial charge in [0.25, 0.3) is 0 Å². The van der Waals surface area contributed by atoms with E-state index in [9.17, 15) is 22.8 Å². The van der Waals surface area contributed by atoms with Crippen molar-refractivity contribution in [2.75, 3.05) is 5.32 Å². The quantitative estimate of drug-likeness (QED) is 0.771. The zero-order valence-corrected chi connectivity index (χ0v) is 10.3. The summed E-state index contributed by atoms with van der Waals surface area (Å²) < 4.78 is 37.4. The van der Waals surface area contributed by atoms with Gasteiger partial charge >= 0.3 is 12.1 Å². The number of nitrogens with two attached hydrogens (primary N) is 1. The van der Waals surface area contributed by atoms with Crippen molar-refractivity contribution < 1.29 is 27.9 Å². The highest BCUT2D eigenvalue weighted by Crippen LogP contribution is 2.30. The zero-order chi connectivity index (χ0) is 15.3. The number of nitrogens with one attached hydrogen (secondary N) is 1. The Balaban J connectivity index is 2.61. The second-order valence-electron chi connectivity index (χ2n) is 4.11. The first kappa shape index (κ1) is 16.0. The number of carboxylic acids is 1. The van der Waals surface area contributed by atoms with Gasteiger partial charge in [-0.1, -0.05) is 6.07 Å². The summed E-state index contributed by atoms with van der Waals surface area (Å²) in [6.45, 7) is 0. The third-order valence-corrected chi connectivity index (χ3v) is 2.47. The van der Waals surface area contributed by atoms with Crippen molar-refractivity contribution in [1.82, 2.24) is 0 Å². The van der Waals surface area contributed by atoms with Gasteiger partial charge in [-0.2, -0.15) is 13.2 Å². The standard InChI is InChI=1S/C12H13F3N2O3/c13-12(14,15)7-2-1-3-8(6-7)17-10(18)5-4-9(16)11(19)20/h1-3,6,9H,4-5,16H2,(H,17,18)(H,19,20). The number of amides is 1. The lowest BCUT2D eigenvalue weighted by molar-refractivity contribution is -0.139. The van der Waals surface area contributed by atoms with Crippen LogP contribution in [0.1, 0.15) is 18.4 Å². The van der Waals surface area contributed by atoms with Gasteiger partial charge in [0.15, 0.2) is 0 Å². The first-order chi connectivity index (χ1) is 9.20. The van der Waals surface area contributed by atoms with Gasteiger partial charge in [0.05, 0.1) is 5.56 Å². The Hall–Kier alpha value is -2.09. The van der Waals surface area contributed by atoms with Gasteiger partial charge in [0, 0.05) is 12.1 Å². The van der Waals surface area contributed by atoms with Crippen LogP contribution in [-0.4, -0.2) is 23.0 Å². The Morgan fingerprint density at radius 2 is 2.00 bits per heavy atom. The highest BCUT2D eigenvalue weighted by molar-refractivity contribution is 5.91. The van der Waals surface area contributed by atoms with Crippen LogP contribution >= 0.6 is 0 Å². The lowest BCUT2D eigenvalue weighted by Crippen LogP contribution is -2.31. The molecule has 0 radical (unpaired) electrons. The number of rotatable bonds is 5. The van der Waals surface area contributed by atoms with Gasteiger partial charge in [-0.25, -0.2) is 0 Å². The molecule has 8 heteroatoms. The van der Waals surface area contributed by atoms with Crippen LogP contribution in [0.4, 0.5) is 18.9 Å². The molecule has 1 aromatic carbocycles. The second-order valence-corrected chi connectivity index (χ2v) is 4.11. The van der Waals surface area contributed by atoms with Crippen LogP contribution < -0.4 is 11.1 Å². The molecular weight excluding hydrogens is 277 g/mol. The van der Waals surface area contributed by atoms with E-state index in [1.165, 1.54) is 12.1 Å². The van der Waals surface area contributed by atoms with Crippen molar-refractivity contribution in [3.05, 3.63) is 29.8 Å². The normalized spacial score (nSPS) is 12.8. The highest BCUT2D eigenvalue weighted by Gasteiger charge is 2.30. The molecule has 110 valence electrons. The molecule has 0 aliphatic heterocycles. The van der Waals surface area contributed by atoms with Crippen LogP contribution in [0.2, 0.25) is 0 Å². The van der Waals surface area contributed by atoms with Gasteiger partial charge in [0.1, 0.15) is 6.04 Å². The number of carbonyl (C=O) groups excluding carboxylic acids is 1. The van der Waals surface area contributed by atoms with E-state index in [0.29, 0.717) is 0 Å². The first-order valence-corrected chi connectivity index (χ1v) is 5.65. The minimum Gasteiger partial charge on any atom is -0.480 e. The fourth-order valence-electron chi connectivity index (χ4n) is 1.41. The maximum atomic E-state index is 12.5. The molecule has 0 heterocycles. The van der Waals surface area contributed by atoms with Gasteiger partial charge in [-0.15, -0.1) is 0 Å². The number of benzene rings is 1. The van der Waals surface area contributed by atoms with Crippen molar-refractivity contribution in [1.29, 1.82) is 0 Å². The zero-order valence-electron chi connectivity index (χ0n) is 10.3. The number of hydrogen-bond acceptors (Lipinski definition) is 3. The number of carboxylic acid groups (broad SMARTS) is 1. The summed E-state index contributed by atoms with van der Waals surface area (Å²) in [5.74, 6) is -1.84. The molecule has 1 aromatic rings. The van der Waals surface area contributed by atoms with Crippen LogP contribution in [0, 0.1) is 0 Å². The third-order valence-electron chi connectivity index (χ3n) is 2.47. The fourth-order valence-corrected chi connectivity index (χ4v) is 1.41. The van der Waals surface area contributed by atoms with Gasteiger partial charge in [0.2, 0.25) is 5.91 Å². The summed E-state index contributed by atoms with van der Waals surface area (Å²) in [5, 5.41) is 10.8. The molecule has 0 bridgehead atoms. The highest BCUT2D eigenvalue weighted by atomic mass is 19.4. The van der Waals surface area contributed by atoms with Gasteiger partial charge in [-0.3, -0.25) is 9.59 Å². The maximum Gasteiger partial charge on any atom is 0.416 e. The smallest absolute Gasteiger partial charge is 0.416 e. The molecule has 4 N–H and O–H groups in total. The lowest BCUT2D eigenvalue weighted by Gasteiger charge is -2.10. The van der Waals surface area contributed by atoms with E-state index < -0.39 is 29.7 Å². The Bertz CT molecular complexity index is 503. The van der Waals surface area contributed by atoms with Crippen molar-refractivity contribution in [2.24, 2.45) is 5.73 Å².